The smallest absolute Gasteiger partial charge is 0.268 e. The number of aromatic hydroxyl groups is 1. The molecule has 4 nitrogen and oxygen atoms in total. The Morgan fingerprint density at radius 1 is 1.53 bits per heavy atom. The fraction of sp³-hybridized carbons (Fsp3) is 0.417. The Bertz CT molecular complexity index is 408. The average Bonchev–Trinajstić information content (AvgIpc) is 2.30. The van der Waals surface area contributed by atoms with Crippen LogP contribution in [0.3, 0.4) is 0 Å². The largest absolute Gasteiger partial charge is 0.507 e. The summed E-state index contributed by atoms with van der Waals surface area (Å²) in [6.07, 6.45) is 0.980. The van der Waals surface area contributed by atoms with Crippen LogP contribution in [0.15, 0.2) is 12.1 Å². The molecule has 1 aromatic carbocycles. The number of phenols is 1. The molecule has 4 N–H and O–H groups in total. The van der Waals surface area contributed by atoms with Gasteiger partial charge in [0.05, 0.1) is 5.56 Å². The molecule has 0 aliphatic heterocycles. The average molecular weight is 259 g/mol. The second-order valence-electron chi connectivity index (χ2n) is 4.02. The van der Waals surface area contributed by atoms with E-state index in [0.717, 1.165) is 12.0 Å². The minimum atomic E-state index is -0.467. The predicted octanol–water partition coefficient (Wildman–Crippen LogP) is 2.24. The number of hydrogen-bond acceptors (Lipinski definition) is 3. The lowest BCUT2D eigenvalue weighted by atomic mass is 9.94. The third-order valence-electron chi connectivity index (χ3n) is 2.88. The number of amides is 1. The van der Waals surface area contributed by atoms with E-state index in [1.807, 2.05) is 11.5 Å². The van der Waals surface area contributed by atoms with Gasteiger partial charge in [0.15, 0.2) is 0 Å². The van der Waals surface area contributed by atoms with Crippen LogP contribution in [-0.2, 0) is 0 Å². The number of halogens is 1. The number of hydrazine groups is 1. The number of hydrogen-bond donors (Lipinski definition) is 3. The van der Waals surface area contributed by atoms with Gasteiger partial charge < -0.3 is 5.11 Å². The maximum absolute atomic E-state index is 11.5. The second kappa shape index (κ2) is 6.47. The van der Waals surface area contributed by atoms with Crippen molar-refractivity contribution in [2.24, 2.45) is 5.84 Å². The van der Waals surface area contributed by atoms with Crippen molar-refractivity contribution in [2.75, 3.05) is 0 Å². The van der Waals surface area contributed by atoms with Gasteiger partial charge in [-0.1, -0.05) is 19.9 Å². The van der Waals surface area contributed by atoms with Gasteiger partial charge in [0.1, 0.15) is 5.75 Å². The van der Waals surface area contributed by atoms with E-state index in [-0.39, 0.29) is 23.7 Å². The molecule has 1 aromatic rings. The highest BCUT2D eigenvalue weighted by Gasteiger charge is 2.15. The molecule has 0 aliphatic carbocycles. The summed E-state index contributed by atoms with van der Waals surface area (Å²) in [5.74, 6) is 4.95. The molecule has 1 rings (SSSR count). The summed E-state index contributed by atoms with van der Waals surface area (Å²) in [4.78, 5) is 11.5. The predicted molar refractivity (Wildman–Crippen MR) is 70.5 cm³/mol. The van der Waals surface area contributed by atoms with Gasteiger partial charge in [-0.2, -0.15) is 0 Å². The number of benzene rings is 1. The van der Waals surface area contributed by atoms with E-state index in [1.165, 1.54) is 0 Å². The summed E-state index contributed by atoms with van der Waals surface area (Å²) in [5, 5.41) is 9.76. The summed E-state index contributed by atoms with van der Waals surface area (Å²) in [7, 11) is 0. The van der Waals surface area contributed by atoms with E-state index in [9.17, 15) is 9.90 Å². The summed E-state index contributed by atoms with van der Waals surface area (Å²) >= 11 is 0. The topological polar surface area (TPSA) is 75.3 Å². The highest BCUT2D eigenvalue weighted by Crippen LogP contribution is 2.28. The van der Waals surface area contributed by atoms with Gasteiger partial charge in [-0.05, 0) is 36.5 Å². The van der Waals surface area contributed by atoms with E-state index < -0.39 is 5.91 Å². The zero-order valence-electron chi connectivity index (χ0n) is 10.3. The van der Waals surface area contributed by atoms with Crippen molar-refractivity contribution < 1.29 is 9.90 Å². The Morgan fingerprint density at radius 2 is 2.12 bits per heavy atom. The molecule has 0 radical (unpaired) electrons. The standard InChI is InChI=1S/C12H18N2O2.ClH/c1-4-7(2)9-5-8(3)11(15)10(6-9)12(16)14-13;/h5-7,15H,4,13H2,1-3H3,(H,14,16);1H. The number of rotatable bonds is 3. The number of carbonyl (C=O) groups excluding carboxylic acids is 1. The van der Waals surface area contributed by atoms with Crippen molar-refractivity contribution in [1.82, 2.24) is 5.43 Å². The molecule has 1 amide bonds. The van der Waals surface area contributed by atoms with Crippen LogP contribution < -0.4 is 11.3 Å². The van der Waals surface area contributed by atoms with Crippen LogP contribution >= 0.6 is 12.4 Å². The lowest BCUT2D eigenvalue weighted by molar-refractivity contribution is 0.0950. The Balaban J connectivity index is 0.00000256. The third kappa shape index (κ3) is 3.35. The maximum Gasteiger partial charge on any atom is 0.268 e. The van der Waals surface area contributed by atoms with Crippen molar-refractivity contribution in [3.63, 3.8) is 0 Å². The molecule has 5 heteroatoms. The molecule has 0 fully saturated rings. The van der Waals surface area contributed by atoms with Crippen molar-refractivity contribution in [3.8, 4) is 5.75 Å². The molecular formula is C12H19ClN2O2. The van der Waals surface area contributed by atoms with Crippen molar-refractivity contribution in [2.45, 2.75) is 33.1 Å². The molecule has 0 saturated carbocycles. The maximum atomic E-state index is 11.5. The number of nitrogens with one attached hydrogen (secondary N) is 1. The lowest BCUT2D eigenvalue weighted by Crippen LogP contribution is -2.30. The number of carbonyl (C=O) groups is 1. The van der Waals surface area contributed by atoms with Crippen LogP contribution in [0.1, 0.15) is 47.7 Å². The second-order valence-corrected chi connectivity index (χ2v) is 4.02. The molecular weight excluding hydrogens is 240 g/mol. The van der Waals surface area contributed by atoms with E-state index in [2.05, 4.69) is 13.8 Å². The van der Waals surface area contributed by atoms with Gasteiger partial charge in [-0.15, -0.1) is 12.4 Å². The Kier molecular flexibility index (Phi) is 5.99. The quantitative estimate of drug-likeness (QED) is 0.442. The highest BCUT2D eigenvalue weighted by atomic mass is 35.5. The van der Waals surface area contributed by atoms with Crippen molar-refractivity contribution in [1.29, 1.82) is 0 Å². The zero-order chi connectivity index (χ0) is 12.3. The third-order valence-corrected chi connectivity index (χ3v) is 2.88. The first-order chi connectivity index (χ1) is 7.51. The Morgan fingerprint density at radius 3 is 2.59 bits per heavy atom. The summed E-state index contributed by atoms with van der Waals surface area (Å²) in [5.41, 5.74) is 4.00. The van der Waals surface area contributed by atoms with E-state index >= 15 is 0 Å². The zero-order valence-corrected chi connectivity index (χ0v) is 11.1. The van der Waals surface area contributed by atoms with Gasteiger partial charge in [0, 0.05) is 0 Å². The van der Waals surface area contributed by atoms with Gasteiger partial charge >= 0.3 is 0 Å². The number of phenolic OH excluding ortho intramolecular Hbond substituents is 1. The van der Waals surface area contributed by atoms with Crippen LogP contribution in [0.5, 0.6) is 5.75 Å². The molecule has 1 unspecified atom stereocenters. The molecule has 17 heavy (non-hydrogen) atoms. The van der Waals surface area contributed by atoms with Crippen molar-refractivity contribution in [3.05, 3.63) is 28.8 Å². The fourth-order valence-electron chi connectivity index (χ4n) is 1.58. The SMILES string of the molecule is CCC(C)c1cc(C)c(O)c(C(=O)NN)c1.Cl. The molecule has 0 saturated heterocycles. The number of aryl methyl sites for hydroxylation is 1. The molecule has 0 aliphatic rings. The molecule has 0 bridgehead atoms. The van der Waals surface area contributed by atoms with Crippen LogP contribution in [0.4, 0.5) is 0 Å². The van der Waals surface area contributed by atoms with Crippen LogP contribution in [-0.4, -0.2) is 11.0 Å². The van der Waals surface area contributed by atoms with E-state index in [1.54, 1.807) is 13.0 Å². The summed E-state index contributed by atoms with van der Waals surface area (Å²) in [6, 6.07) is 3.59. The first-order valence-corrected chi connectivity index (χ1v) is 5.35. The lowest BCUT2D eigenvalue weighted by Gasteiger charge is -2.13. The molecule has 96 valence electrons. The summed E-state index contributed by atoms with van der Waals surface area (Å²) < 4.78 is 0. The number of nitrogens with two attached hydrogens (primary N) is 1. The Labute approximate surface area is 108 Å². The van der Waals surface area contributed by atoms with Crippen LogP contribution in [0.2, 0.25) is 0 Å². The molecule has 0 aromatic heterocycles. The van der Waals surface area contributed by atoms with E-state index in [4.69, 9.17) is 5.84 Å². The Hall–Kier alpha value is -1.26. The highest BCUT2D eigenvalue weighted by molar-refractivity contribution is 5.97. The monoisotopic (exact) mass is 258 g/mol. The summed E-state index contributed by atoms with van der Waals surface area (Å²) in [6.45, 7) is 5.93. The molecule has 0 spiro atoms. The fourth-order valence-corrected chi connectivity index (χ4v) is 1.58. The minimum Gasteiger partial charge on any atom is -0.507 e. The van der Waals surface area contributed by atoms with Crippen molar-refractivity contribution >= 4 is 18.3 Å². The molecule has 0 heterocycles. The number of nitrogen functional groups attached to an aromatic ring is 1. The van der Waals surface area contributed by atoms with Crippen LogP contribution in [0, 0.1) is 6.92 Å². The van der Waals surface area contributed by atoms with Crippen LogP contribution in [0.25, 0.3) is 0 Å². The van der Waals surface area contributed by atoms with Gasteiger partial charge in [-0.25, -0.2) is 5.84 Å². The first-order valence-electron chi connectivity index (χ1n) is 5.35. The van der Waals surface area contributed by atoms with Gasteiger partial charge in [-0.3, -0.25) is 10.2 Å². The van der Waals surface area contributed by atoms with Gasteiger partial charge in [0.2, 0.25) is 0 Å². The minimum absolute atomic E-state index is 0. The first kappa shape index (κ1) is 15.7. The van der Waals surface area contributed by atoms with Gasteiger partial charge in [0.25, 0.3) is 5.91 Å². The van der Waals surface area contributed by atoms with E-state index in [0.29, 0.717) is 11.5 Å². The normalized spacial score (nSPS) is 11.5. The molecule has 1 atom stereocenters.